The summed E-state index contributed by atoms with van der Waals surface area (Å²) in [6, 6.07) is 7.84. The maximum Gasteiger partial charge on any atom is 0.322 e. The molecular weight excluding hydrogens is 326 g/mol. The number of halogens is 2. The molecule has 130 valence electrons. The lowest BCUT2D eigenvalue weighted by Crippen LogP contribution is -2.46. The Balaban J connectivity index is 2.39. The lowest BCUT2D eigenvalue weighted by molar-refractivity contribution is -0.0407. The molecule has 0 aliphatic heterocycles. The highest BCUT2D eigenvalue weighted by Crippen LogP contribution is 2.53. The number of rotatable bonds is 7. The van der Waals surface area contributed by atoms with Crippen molar-refractivity contribution in [3.63, 3.8) is 0 Å². The van der Waals surface area contributed by atoms with Crippen molar-refractivity contribution < 1.29 is 13.6 Å². The number of carbonyl (C=O) groups is 1. The maximum atomic E-state index is 15.3. The predicted molar refractivity (Wildman–Crippen MR) is 97.6 cm³/mol. The third-order valence-corrected chi connectivity index (χ3v) is 6.01. The molecule has 0 unspecified atom stereocenters. The van der Waals surface area contributed by atoms with E-state index in [1.165, 1.54) is 36.9 Å². The molecule has 0 N–H and O–H groups in total. The molecule has 0 bridgehead atoms. The number of hydrogen-bond acceptors (Lipinski definition) is 2. The van der Waals surface area contributed by atoms with Crippen LogP contribution in [0.1, 0.15) is 50.4 Å². The van der Waals surface area contributed by atoms with E-state index >= 15 is 8.78 Å². The first-order valence-electron chi connectivity index (χ1n) is 8.33. The minimum Gasteiger partial charge on any atom is -0.287 e. The minimum atomic E-state index is -3.49. The molecule has 24 heavy (non-hydrogen) atoms. The maximum absolute atomic E-state index is 15.3. The summed E-state index contributed by atoms with van der Waals surface area (Å²) in [5, 5.41) is 0. The van der Waals surface area contributed by atoms with E-state index in [0.717, 1.165) is 24.2 Å². The molecule has 1 aliphatic carbocycles. The first kappa shape index (κ1) is 18.9. The van der Waals surface area contributed by atoms with Crippen LogP contribution in [0, 0.1) is 5.41 Å². The van der Waals surface area contributed by atoms with Gasteiger partial charge in [0.2, 0.25) is 5.78 Å². The van der Waals surface area contributed by atoms with E-state index in [1.54, 1.807) is 24.3 Å². The van der Waals surface area contributed by atoms with Crippen LogP contribution < -0.4 is 0 Å². The van der Waals surface area contributed by atoms with E-state index in [-0.39, 0.29) is 5.56 Å². The van der Waals surface area contributed by atoms with Crippen molar-refractivity contribution in [1.82, 2.24) is 0 Å². The number of unbranched alkanes of at least 4 members (excludes halogenated alkanes) is 1. The first-order chi connectivity index (χ1) is 11.3. The standard InChI is InChI=1S/C20H24F2OS/c1-4-5-14-24-18-15(2)10-9-13-19(18,3)20(21,22)17(23)16-11-7-6-8-12-16/h6-9,11-13H,4-5,10,14H2,1-3H3/t19-/m0/s1. The third kappa shape index (κ3) is 3.49. The van der Waals surface area contributed by atoms with Gasteiger partial charge in [0.1, 0.15) is 0 Å². The Morgan fingerprint density at radius 3 is 2.58 bits per heavy atom. The summed E-state index contributed by atoms with van der Waals surface area (Å²) in [5.41, 5.74) is -0.597. The smallest absolute Gasteiger partial charge is 0.287 e. The van der Waals surface area contributed by atoms with Gasteiger partial charge in [-0.2, -0.15) is 8.78 Å². The Bertz CT molecular complexity index is 649. The lowest BCUT2D eigenvalue weighted by atomic mass is 9.75. The van der Waals surface area contributed by atoms with Crippen molar-refractivity contribution >= 4 is 17.5 Å². The van der Waals surface area contributed by atoms with Crippen molar-refractivity contribution in [3.8, 4) is 0 Å². The topological polar surface area (TPSA) is 17.1 Å². The summed E-state index contributed by atoms with van der Waals surface area (Å²) in [6.07, 6.45) is 5.94. The molecule has 1 aliphatic rings. The molecule has 0 saturated heterocycles. The second-order valence-corrected chi connectivity index (χ2v) is 7.50. The molecule has 0 heterocycles. The Kier molecular flexibility index (Phi) is 6.02. The first-order valence-corrected chi connectivity index (χ1v) is 9.31. The molecule has 1 aromatic carbocycles. The van der Waals surface area contributed by atoms with Gasteiger partial charge in [0, 0.05) is 10.5 Å². The Morgan fingerprint density at radius 1 is 1.29 bits per heavy atom. The Labute approximate surface area is 147 Å². The van der Waals surface area contributed by atoms with Crippen molar-refractivity contribution in [2.45, 2.75) is 46.0 Å². The van der Waals surface area contributed by atoms with Crippen molar-refractivity contribution in [3.05, 3.63) is 58.5 Å². The van der Waals surface area contributed by atoms with Crippen LogP contribution in [-0.2, 0) is 0 Å². The SMILES string of the molecule is CCCCSC1=C(C)CC=C[C@]1(C)C(F)(F)C(=O)c1ccccc1. The van der Waals surface area contributed by atoms with Crippen LogP contribution >= 0.6 is 11.8 Å². The number of Topliss-reactive ketones (excluding diaryl/α,β-unsaturated/α-hetero) is 1. The van der Waals surface area contributed by atoms with Gasteiger partial charge in [0.05, 0.1) is 5.41 Å². The average molecular weight is 350 g/mol. The Hall–Kier alpha value is -1.42. The highest BCUT2D eigenvalue weighted by atomic mass is 32.2. The zero-order chi connectivity index (χ0) is 17.8. The fourth-order valence-electron chi connectivity index (χ4n) is 2.93. The second kappa shape index (κ2) is 7.64. The molecule has 4 heteroatoms. The van der Waals surface area contributed by atoms with Gasteiger partial charge in [0.25, 0.3) is 0 Å². The van der Waals surface area contributed by atoms with Crippen LogP contribution in [0.15, 0.2) is 53.0 Å². The summed E-state index contributed by atoms with van der Waals surface area (Å²) in [7, 11) is 0. The van der Waals surface area contributed by atoms with Crippen LogP contribution in [0.4, 0.5) is 8.78 Å². The summed E-state index contributed by atoms with van der Waals surface area (Å²) in [4.78, 5) is 13.2. The second-order valence-electron chi connectivity index (χ2n) is 6.39. The lowest BCUT2D eigenvalue weighted by Gasteiger charge is -2.39. The third-order valence-electron chi connectivity index (χ3n) is 4.45. The van der Waals surface area contributed by atoms with Gasteiger partial charge in [-0.05, 0) is 32.4 Å². The van der Waals surface area contributed by atoms with Gasteiger partial charge in [-0.25, -0.2) is 0 Å². The highest BCUT2D eigenvalue weighted by molar-refractivity contribution is 8.03. The van der Waals surface area contributed by atoms with E-state index in [0.29, 0.717) is 11.3 Å². The van der Waals surface area contributed by atoms with E-state index in [4.69, 9.17) is 0 Å². The number of alkyl halides is 2. The number of hydrogen-bond donors (Lipinski definition) is 0. The van der Waals surface area contributed by atoms with Gasteiger partial charge >= 0.3 is 5.92 Å². The summed E-state index contributed by atoms with van der Waals surface area (Å²) in [6.45, 7) is 5.45. The van der Waals surface area contributed by atoms with Gasteiger partial charge in [-0.3, -0.25) is 4.79 Å². The molecule has 0 fully saturated rings. The average Bonchev–Trinajstić information content (AvgIpc) is 2.57. The minimum absolute atomic E-state index is 0.0539. The van der Waals surface area contributed by atoms with E-state index in [2.05, 4.69) is 6.92 Å². The normalized spacial score (nSPS) is 21.2. The molecular formula is C20H24F2OS. The number of allylic oxidation sites excluding steroid dienone is 4. The van der Waals surface area contributed by atoms with Gasteiger partial charge < -0.3 is 0 Å². The predicted octanol–water partition coefficient (Wildman–Crippen LogP) is 6.28. The molecule has 0 radical (unpaired) electrons. The number of ketones is 1. The summed E-state index contributed by atoms with van der Waals surface area (Å²) in [5.74, 6) is -3.80. The van der Waals surface area contributed by atoms with Crippen LogP contribution in [-0.4, -0.2) is 17.5 Å². The molecule has 0 spiro atoms. The largest absolute Gasteiger partial charge is 0.322 e. The van der Waals surface area contributed by atoms with Crippen LogP contribution in [0.3, 0.4) is 0 Å². The van der Waals surface area contributed by atoms with Crippen molar-refractivity contribution in [2.75, 3.05) is 5.75 Å². The van der Waals surface area contributed by atoms with Crippen LogP contribution in [0.25, 0.3) is 0 Å². The quantitative estimate of drug-likeness (QED) is 0.327. The number of carbonyl (C=O) groups excluding carboxylic acids is 1. The van der Waals surface area contributed by atoms with E-state index in [9.17, 15) is 4.79 Å². The molecule has 1 aromatic rings. The summed E-state index contributed by atoms with van der Waals surface area (Å²) >= 11 is 1.47. The van der Waals surface area contributed by atoms with E-state index in [1.807, 2.05) is 6.92 Å². The zero-order valence-corrected chi connectivity index (χ0v) is 15.3. The van der Waals surface area contributed by atoms with E-state index < -0.39 is 17.1 Å². The number of thioether (sulfide) groups is 1. The zero-order valence-electron chi connectivity index (χ0n) is 14.4. The van der Waals surface area contributed by atoms with Gasteiger partial charge in [-0.1, -0.05) is 61.4 Å². The fraction of sp³-hybridized carbons (Fsp3) is 0.450. The molecule has 1 nitrogen and oxygen atoms in total. The van der Waals surface area contributed by atoms with Crippen LogP contribution in [0.2, 0.25) is 0 Å². The summed E-state index contributed by atoms with van der Waals surface area (Å²) < 4.78 is 30.5. The van der Waals surface area contributed by atoms with Gasteiger partial charge in [0.15, 0.2) is 0 Å². The fourth-order valence-corrected chi connectivity index (χ4v) is 4.39. The van der Waals surface area contributed by atoms with Gasteiger partial charge in [-0.15, -0.1) is 11.8 Å². The molecule has 1 atom stereocenters. The van der Waals surface area contributed by atoms with Crippen LogP contribution in [0.5, 0.6) is 0 Å². The molecule has 2 rings (SSSR count). The molecule has 0 saturated carbocycles. The van der Waals surface area contributed by atoms with Crippen molar-refractivity contribution in [1.29, 1.82) is 0 Å². The monoisotopic (exact) mass is 350 g/mol. The molecule has 0 amide bonds. The molecule has 0 aromatic heterocycles. The number of benzene rings is 1. The van der Waals surface area contributed by atoms with Crippen molar-refractivity contribution in [2.24, 2.45) is 5.41 Å². The Morgan fingerprint density at radius 2 is 1.96 bits per heavy atom. The highest BCUT2D eigenvalue weighted by Gasteiger charge is 2.57.